The molecule has 1 aliphatic carbocycles. The van der Waals surface area contributed by atoms with Crippen LogP contribution < -0.4 is 11.1 Å². The first-order valence-corrected chi connectivity index (χ1v) is 6.85. The van der Waals surface area contributed by atoms with E-state index in [1.165, 1.54) is 0 Å². The molecule has 19 heavy (non-hydrogen) atoms. The topological polar surface area (TPSA) is 55.1 Å². The molecule has 1 fully saturated rings. The van der Waals surface area contributed by atoms with Crippen LogP contribution in [0.4, 0.5) is 0 Å². The van der Waals surface area contributed by atoms with Crippen molar-refractivity contribution >= 4 is 18.3 Å². The van der Waals surface area contributed by atoms with E-state index in [1.807, 2.05) is 24.3 Å². The lowest BCUT2D eigenvalue weighted by molar-refractivity contribution is 0.0925. The summed E-state index contributed by atoms with van der Waals surface area (Å²) in [6, 6.07) is 8.44. The number of rotatable bonds is 3. The van der Waals surface area contributed by atoms with E-state index >= 15 is 0 Å². The molecule has 1 saturated carbocycles. The highest BCUT2D eigenvalue weighted by Gasteiger charge is 2.21. The highest BCUT2D eigenvalue weighted by Crippen LogP contribution is 2.18. The van der Waals surface area contributed by atoms with Crippen LogP contribution in [-0.2, 0) is 6.42 Å². The molecule has 0 spiro atoms. The predicted molar refractivity (Wildman–Crippen MR) is 80.8 cm³/mol. The zero-order valence-electron chi connectivity index (χ0n) is 11.4. The van der Waals surface area contributed by atoms with Gasteiger partial charge < -0.3 is 11.1 Å². The van der Waals surface area contributed by atoms with Gasteiger partial charge in [-0.1, -0.05) is 25.1 Å². The molecule has 106 valence electrons. The second-order valence-electron chi connectivity index (χ2n) is 5.10. The molecule has 4 heteroatoms. The summed E-state index contributed by atoms with van der Waals surface area (Å²) in [5.41, 5.74) is 7.80. The number of aryl methyl sites for hydroxylation is 1. The van der Waals surface area contributed by atoms with E-state index in [-0.39, 0.29) is 18.3 Å². The van der Waals surface area contributed by atoms with Crippen molar-refractivity contribution in [3.63, 3.8) is 0 Å². The van der Waals surface area contributed by atoms with Crippen molar-refractivity contribution in [1.82, 2.24) is 5.32 Å². The fourth-order valence-corrected chi connectivity index (χ4v) is 2.58. The number of benzene rings is 1. The van der Waals surface area contributed by atoms with Crippen LogP contribution in [0.3, 0.4) is 0 Å². The zero-order chi connectivity index (χ0) is 13.0. The number of nitrogens with one attached hydrogen (secondary N) is 1. The first kappa shape index (κ1) is 16.0. The van der Waals surface area contributed by atoms with E-state index in [4.69, 9.17) is 5.73 Å². The van der Waals surface area contributed by atoms with Gasteiger partial charge >= 0.3 is 0 Å². The molecule has 3 nitrogen and oxygen atoms in total. The van der Waals surface area contributed by atoms with Crippen LogP contribution in [0.1, 0.15) is 48.5 Å². The van der Waals surface area contributed by atoms with Crippen LogP contribution in [-0.4, -0.2) is 18.0 Å². The standard InChI is InChI=1S/C15H22N2O.ClH/c1-2-11-5-3-4-6-14(11)15(18)17-13-9-7-12(16)8-10-13;/h3-6,12-13H,2,7-10,16H2,1H3,(H,17,18);1H. The fraction of sp³-hybridized carbons (Fsp3) is 0.533. The lowest BCUT2D eigenvalue weighted by Gasteiger charge is -2.27. The Morgan fingerprint density at radius 3 is 2.53 bits per heavy atom. The van der Waals surface area contributed by atoms with Crippen LogP contribution in [0.2, 0.25) is 0 Å². The molecular weight excluding hydrogens is 260 g/mol. The molecule has 0 saturated heterocycles. The highest BCUT2D eigenvalue weighted by molar-refractivity contribution is 5.95. The monoisotopic (exact) mass is 282 g/mol. The number of amides is 1. The van der Waals surface area contributed by atoms with Crippen LogP contribution >= 0.6 is 12.4 Å². The Morgan fingerprint density at radius 1 is 1.26 bits per heavy atom. The largest absolute Gasteiger partial charge is 0.349 e. The van der Waals surface area contributed by atoms with Gasteiger partial charge in [0.1, 0.15) is 0 Å². The van der Waals surface area contributed by atoms with Crippen molar-refractivity contribution in [3.8, 4) is 0 Å². The van der Waals surface area contributed by atoms with E-state index < -0.39 is 0 Å². The molecule has 1 aromatic carbocycles. The Morgan fingerprint density at radius 2 is 1.89 bits per heavy atom. The van der Waals surface area contributed by atoms with Crippen molar-refractivity contribution in [3.05, 3.63) is 35.4 Å². The molecule has 2 rings (SSSR count). The first-order chi connectivity index (χ1) is 8.70. The second kappa shape index (κ2) is 7.51. The zero-order valence-corrected chi connectivity index (χ0v) is 12.2. The summed E-state index contributed by atoms with van der Waals surface area (Å²) in [6.07, 6.45) is 4.92. The minimum atomic E-state index is 0. The molecule has 1 aliphatic rings. The normalized spacial score (nSPS) is 22.4. The number of hydrogen-bond acceptors (Lipinski definition) is 2. The van der Waals surface area contributed by atoms with Gasteiger partial charge in [0.25, 0.3) is 5.91 Å². The minimum absolute atomic E-state index is 0. The Balaban J connectivity index is 0.00000180. The minimum Gasteiger partial charge on any atom is -0.349 e. The maximum absolute atomic E-state index is 12.2. The molecule has 0 unspecified atom stereocenters. The van der Waals surface area contributed by atoms with Gasteiger partial charge in [0.15, 0.2) is 0 Å². The van der Waals surface area contributed by atoms with Crippen LogP contribution in [0.25, 0.3) is 0 Å². The van der Waals surface area contributed by atoms with Crippen molar-refractivity contribution in [1.29, 1.82) is 0 Å². The van der Waals surface area contributed by atoms with E-state index in [0.717, 1.165) is 43.2 Å². The summed E-state index contributed by atoms with van der Waals surface area (Å²) in [4.78, 5) is 12.2. The fourth-order valence-electron chi connectivity index (χ4n) is 2.58. The maximum Gasteiger partial charge on any atom is 0.251 e. The van der Waals surface area contributed by atoms with Crippen molar-refractivity contribution < 1.29 is 4.79 Å². The van der Waals surface area contributed by atoms with Gasteiger partial charge in [-0.15, -0.1) is 12.4 Å². The van der Waals surface area contributed by atoms with Gasteiger partial charge in [-0.3, -0.25) is 4.79 Å². The average Bonchev–Trinajstić information content (AvgIpc) is 2.41. The second-order valence-corrected chi connectivity index (χ2v) is 5.10. The maximum atomic E-state index is 12.2. The lowest BCUT2D eigenvalue weighted by atomic mass is 9.91. The van der Waals surface area contributed by atoms with Gasteiger partial charge in [-0.2, -0.15) is 0 Å². The predicted octanol–water partition coefficient (Wildman–Crippen LogP) is 2.67. The van der Waals surface area contributed by atoms with Gasteiger partial charge in [0.05, 0.1) is 0 Å². The van der Waals surface area contributed by atoms with Crippen molar-refractivity contribution in [2.75, 3.05) is 0 Å². The number of hydrogen-bond donors (Lipinski definition) is 2. The molecule has 0 aliphatic heterocycles. The van der Waals surface area contributed by atoms with E-state index in [9.17, 15) is 4.79 Å². The van der Waals surface area contributed by atoms with Gasteiger partial charge in [-0.05, 0) is 43.7 Å². The number of carbonyl (C=O) groups is 1. The number of halogens is 1. The third-order valence-corrected chi connectivity index (χ3v) is 3.75. The van der Waals surface area contributed by atoms with Crippen LogP contribution in [0, 0.1) is 0 Å². The van der Waals surface area contributed by atoms with Crippen molar-refractivity contribution in [2.24, 2.45) is 5.73 Å². The van der Waals surface area contributed by atoms with Gasteiger partial charge in [0.2, 0.25) is 0 Å². The summed E-state index contributed by atoms with van der Waals surface area (Å²) >= 11 is 0. The van der Waals surface area contributed by atoms with E-state index in [0.29, 0.717) is 12.1 Å². The van der Waals surface area contributed by atoms with Gasteiger partial charge in [0, 0.05) is 17.6 Å². The molecule has 0 bridgehead atoms. The molecule has 0 aromatic heterocycles. The summed E-state index contributed by atoms with van der Waals surface area (Å²) < 4.78 is 0. The summed E-state index contributed by atoms with van der Waals surface area (Å²) in [6.45, 7) is 2.08. The molecule has 1 amide bonds. The molecular formula is C15H23ClN2O. The highest BCUT2D eigenvalue weighted by atomic mass is 35.5. The Labute approximate surface area is 121 Å². The summed E-state index contributed by atoms with van der Waals surface area (Å²) in [7, 11) is 0. The molecule has 0 heterocycles. The summed E-state index contributed by atoms with van der Waals surface area (Å²) in [5, 5.41) is 3.14. The van der Waals surface area contributed by atoms with Crippen LogP contribution in [0.5, 0.6) is 0 Å². The SMILES string of the molecule is CCc1ccccc1C(=O)NC1CCC(N)CC1.Cl. The molecule has 1 aromatic rings. The molecule has 3 N–H and O–H groups in total. The Hall–Kier alpha value is -1.06. The lowest BCUT2D eigenvalue weighted by Crippen LogP contribution is -2.40. The third kappa shape index (κ3) is 4.22. The van der Waals surface area contributed by atoms with E-state index in [1.54, 1.807) is 0 Å². The number of carbonyl (C=O) groups excluding carboxylic acids is 1. The molecule has 0 atom stereocenters. The quantitative estimate of drug-likeness (QED) is 0.895. The van der Waals surface area contributed by atoms with Crippen molar-refractivity contribution in [2.45, 2.75) is 51.1 Å². The third-order valence-electron chi connectivity index (χ3n) is 3.75. The smallest absolute Gasteiger partial charge is 0.251 e. The first-order valence-electron chi connectivity index (χ1n) is 6.85. The molecule has 0 radical (unpaired) electrons. The van der Waals surface area contributed by atoms with Gasteiger partial charge in [-0.25, -0.2) is 0 Å². The average molecular weight is 283 g/mol. The summed E-state index contributed by atoms with van der Waals surface area (Å²) in [5.74, 6) is 0.0629. The Kier molecular flexibility index (Phi) is 6.32. The van der Waals surface area contributed by atoms with E-state index in [2.05, 4.69) is 12.2 Å². The van der Waals surface area contributed by atoms with Crippen LogP contribution in [0.15, 0.2) is 24.3 Å². The number of nitrogens with two attached hydrogens (primary N) is 1. The Bertz CT molecular complexity index is 414.